The maximum Gasteiger partial charge on any atom is 0.252 e. The number of nitrogens with zero attached hydrogens (tertiary/aromatic N) is 2. The predicted molar refractivity (Wildman–Crippen MR) is 119 cm³/mol. The van der Waals surface area contributed by atoms with Gasteiger partial charge in [-0.2, -0.15) is 0 Å². The Balaban J connectivity index is 0.00000210. The molecule has 2 fully saturated rings. The summed E-state index contributed by atoms with van der Waals surface area (Å²) in [5.74, 6) is -0.00649. The van der Waals surface area contributed by atoms with Gasteiger partial charge in [0.2, 0.25) is 5.91 Å². The van der Waals surface area contributed by atoms with E-state index in [0.717, 1.165) is 39.3 Å². The third-order valence-electron chi connectivity index (χ3n) is 5.59. The molecule has 164 valence electrons. The van der Waals surface area contributed by atoms with Crippen LogP contribution in [0.25, 0.3) is 0 Å². The highest BCUT2D eigenvalue weighted by Gasteiger charge is 2.39. The van der Waals surface area contributed by atoms with Crippen LogP contribution in [0, 0.1) is 0 Å². The maximum absolute atomic E-state index is 12.5. The summed E-state index contributed by atoms with van der Waals surface area (Å²) in [6.07, 6.45) is 1.64. The molecule has 0 spiro atoms. The molecule has 2 N–H and O–H groups in total. The van der Waals surface area contributed by atoms with Crippen LogP contribution in [-0.2, 0) is 14.3 Å². The Morgan fingerprint density at radius 2 is 1.69 bits per heavy atom. The zero-order valence-electron chi connectivity index (χ0n) is 16.9. The summed E-state index contributed by atoms with van der Waals surface area (Å²) >= 11 is 0. The van der Waals surface area contributed by atoms with Crippen LogP contribution < -0.4 is 15.5 Å². The van der Waals surface area contributed by atoms with Gasteiger partial charge in [0.25, 0.3) is 5.91 Å². The van der Waals surface area contributed by atoms with Crippen LogP contribution in [-0.4, -0.2) is 75.2 Å². The standard InChI is InChI=1S/C20H30N4O3.2ClH/c1-27-20(8-11-21-12-9-20)19(26)22-10-7-18(25)24-15-13-23(14-16-24)17-5-3-2-4-6-17;;/h2-6,21H,7-16H2,1H3,(H,22,26);2*1H. The lowest BCUT2D eigenvalue weighted by atomic mass is 9.91. The topological polar surface area (TPSA) is 73.9 Å². The van der Waals surface area contributed by atoms with E-state index in [1.807, 2.05) is 23.1 Å². The van der Waals surface area contributed by atoms with Gasteiger partial charge in [-0.3, -0.25) is 9.59 Å². The molecule has 1 aromatic carbocycles. The van der Waals surface area contributed by atoms with E-state index >= 15 is 0 Å². The van der Waals surface area contributed by atoms with Crippen LogP contribution in [0.4, 0.5) is 5.69 Å². The second kappa shape index (κ2) is 12.2. The Kier molecular flexibility index (Phi) is 10.7. The SMILES string of the molecule is COC1(C(=O)NCCC(=O)N2CCN(c3ccccc3)CC2)CCNCC1.Cl.Cl. The smallest absolute Gasteiger partial charge is 0.252 e. The van der Waals surface area contributed by atoms with E-state index in [0.29, 0.717) is 25.8 Å². The number of piperazine rings is 1. The van der Waals surface area contributed by atoms with Crippen molar-refractivity contribution in [1.82, 2.24) is 15.5 Å². The molecule has 0 atom stereocenters. The van der Waals surface area contributed by atoms with E-state index in [1.54, 1.807) is 7.11 Å². The van der Waals surface area contributed by atoms with Gasteiger partial charge in [-0.25, -0.2) is 0 Å². The van der Waals surface area contributed by atoms with Gasteiger partial charge in [-0.15, -0.1) is 24.8 Å². The molecule has 0 saturated carbocycles. The number of amides is 2. The molecule has 2 heterocycles. The highest BCUT2D eigenvalue weighted by molar-refractivity contribution is 5.86. The first kappa shape index (κ1) is 25.5. The molecule has 0 radical (unpaired) electrons. The van der Waals surface area contributed by atoms with E-state index in [9.17, 15) is 9.59 Å². The van der Waals surface area contributed by atoms with Gasteiger partial charge in [0, 0.05) is 51.9 Å². The van der Waals surface area contributed by atoms with E-state index < -0.39 is 5.60 Å². The molecular weight excluding hydrogens is 415 g/mol. The highest BCUT2D eigenvalue weighted by Crippen LogP contribution is 2.22. The molecule has 0 unspecified atom stereocenters. The molecule has 2 aliphatic rings. The largest absolute Gasteiger partial charge is 0.368 e. The molecule has 0 bridgehead atoms. The van der Waals surface area contributed by atoms with E-state index in [-0.39, 0.29) is 36.6 Å². The van der Waals surface area contributed by atoms with Crippen molar-refractivity contribution in [1.29, 1.82) is 0 Å². The number of nitrogens with one attached hydrogen (secondary N) is 2. The van der Waals surface area contributed by atoms with Gasteiger partial charge < -0.3 is 25.2 Å². The second-order valence-corrected chi connectivity index (χ2v) is 7.16. The third kappa shape index (κ3) is 6.47. The number of anilines is 1. The lowest BCUT2D eigenvalue weighted by molar-refractivity contribution is -0.146. The number of benzene rings is 1. The minimum absolute atomic E-state index is 0. The third-order valence-corrected chi connectivity index (χ3v) is 5.59. The van der Waals surface area contributed by atoms with Gasteiger partial charge in [0.1, 0.15) is 5.60 Å². The van der Waals surface area contributed by atoms with Crippen LogP contribution in [0.3, 0.4) is 0 Å². The average molecular weight is 447 g/mol. The van der Waals surface area contributed by atoms with Crippen LogP contribution >= 0.6 is 24.8 Å². The van der Waals surface area contributed by atoms with E-state index in [2.05, 4.69) is 27.7 Å². The number of halogens is 2. The summed E-state index contributed by atoms with van der Waals surface area (Å²) in [5, 5.41) is 6.14. The normalized spacial score (nSPS) is 18.2. The van der Waals surface area contributed by atoms with Crippen molar-refractivity contribution in [3.05, 3.63) is 30.3 Å². The lowest BCUT2D eigenvalue weighted by Gasteiger charge is -2.36. The number of rotatable bonds is 6. The first-order valence-corrected chi connectivity index (χ1v) is 9.76. The summed E-state index contributed by atoms with van der Waals surface area (Å²) in [7, 11) is 1.59. The molecule has 7 nitrogen and oxygen atoms in total. The summed E-state index contributed by atoms with van der Waals surface area (Å²) in [4.78, 5) is 29.2. The van der Waals surface area contributed by atoms with Crippen molar-refractivity contribution in [2.45, 2.75) is 24.9 Å². The van der Waals surface area contributed by atoms with E-state index in [1.165, 1.54) is 5.69 Å². The lowest BCUT2D eigenvalue weighted by Crippen LogP contribution is -2.54. The molecular formula is C20H32Cl2N4O3. The molecule has 3 rings (SSSR count). The minimum Gasteiger partial charge on any atom is -0.368 e. The Morgan fingerprint density at radius 1 is 1.07 bits per heavy atom. The van der Waals surface area contributed by atoms with Crippen molar-refractivity contribution in [3.63, 3.8) is 0 Å². The molecule has 0 aromatic heterocycles. The zero-order chi connectivity index (χ0) is 19.1. The number of carbonyl (C=O) groups is 2. The van der Waals surface area contributed by atoms with Gasteiger partial charge in [0.15, 0.2) is 0 Å². The predicted octanol–water partition coefficient (Wildman–Crippen LogP) is 1.45. The number of carbonyl (C=O) groups excluding carboxylic acids is 2. The first-order valence-electron chi connectivity index (χ1n) is 9.76. The number of ether oxygens (including phenoxy) is 1. The molecule has 1 aromatic rings. The quantitative estimate of drug-likeness (QED) is 0.691. The number of piperidine rings is 1. The average Bonchev–Trinajstić information content (AvgIpc) is 2.74. The number of hydrogen-bond acceptors (Lipinski definition) is 5. The molecule has 0 aliphatic carbocycles. The molecule has 2 aliphatic heterocycles. The Labute approximate surface area is 185 Å². The van der Waals surface area contributed by atoms with Gasteiger partial charge >= 0.3 is 0 Å². The van der Waals surface area contributed by atoms with Crippen molar-refractivity contribution >= 4 is 42.3 Å². The van der Waals surface area contributed by atoms with Crippen LogP contribution in [0.2, 0.25) is 0 Å². The van der Waals surface area contributed by atoms with Crippen LogP contribution in [0.5, 0.6) is 0 Å². The van der Waals surface area contributed by atoms with Gasteiger partial charge in [0.05, 0.1) is 0 Å². The van der Waals surface area contributed by atoms with E-state index in [4.69, 9.17) is 4.74 Å². The molecule has 9 heteroatoms. The summed E-state index contributed by atoms with van der Waals surface area (Å²) in [6, 6.07) is 10.3. The minimum atomic E-state index is -0.754. The number of para-hydroxylation sites is 1. The van der Waals surface area contributed by atoms with Crippen molar-refractivity contribution in [2.75, 3.05) is 57.8 Å². The second-order valence-electron chi connectivity index (χ2n) is 7.16. The first-order chi connectivity index (χ1) is 13.1. The maximum atomic E-state index is 12.5. The molecule has 29 heavy (non-hydrogen) atoms. The fraction of sp³-hybridized carbons (Fsp3) is 0.600. The van der Waals surface area contributed by atoms with Gasteiger partial charge in [-0.1, -0.05) is 18.2 Å². The highest BCUT2D eigenvalue weighted by atomic mass is 35.5. The number of methoxy groups -OCH3 is 1. The molecule has 2 saturated heterocycles. The van der Waals surface area contributed by atoms with Crippen molar-refractivity contribution < 1.29 is 14.3 Å². The monoisotopic (exact) mass is 446 g/mol. The summed E-state index contributed by atoms with van der Waals surface area (Å²) in [5.41, 5.74) is 0.444. The summed E-state index contributed by atoms with van der Waals surface area (Å²) < 4.78 is 5.52. The fourth-order valence-corrected chi connectivity index (χ4v) is 3.81. The Morgan fingerprint density at radius 3 is 2.28 bits per heavy atom. The van der Waals surface area contributed by atoms with Crippen LogP contribution in [0.15, 0.2) is 30.3 Å². The fourth-order valence-electron chi connectivity index (χ4n) is 3.81. The zero-order valence-corrected chi connectivity index (χ0v) is 18.5. The van der Waals surface area contributed by atoms with Crippen molar-refractivity contribution in [2.24, 2.45) is 0 Å². The number of hydrogen-bond donors (Lipinski definition) is 2. The molecule has 2 amide bonds. The van der Waals surface area contributed by atoms with Gasteiger partial charge in [-0.05, 0) is 38.1 Å². The Hall–Kier alpha value is -1.54. The summed E-state index contributed by atoms with van der Waals surface area (Å²) in [6.45, 7) is 5.00. The van der Waals surface area contributed by atoms with Crippen LogP contribution in [0.1, 0.15) is 19.3 Å². The van der Waals surface area contributed by atoms with Crippen molar-refractivity contribution in [3.8, 4) is 0 Å². The Bertz CT molecular complexity index is 634.